The molecule has 1 aliphatic heterocycles. The quantitative estimate of drug-likeness (QED) is 0.721. The van der Waals surface area contributed by atoms with Gasteiger partial charge in [-0.15, -0.1) is 0 Å². The Hall–Kier alpha value is -2.90. The fourth-order valence-electron chi connectivity index (χ4n) is 3.32. The molecule has 0 spiro atoms. The highest BCUT2D eigenvalue weighted by Gasteiger charge is 2.28. The summed E-state index contributed by atoms with van der Waals surface area (Å²) in [7, 11) is 0. The van der Waals surface area contributed by atoms with Gasteiger partial charge in [0.2, 0.25) is 0 Å². The molecule has 0 unspecified atom stereocenters. The van der Waals surface area contributed by atoms with Gasteiger partial charge in [0, 0.05) is 31.7 Å². The average molecular weight is 328 g/mol. The zero-order valence-corrected chi connectivity index (χ0v) is 14.0. The lowest BCUT2D eigenvalue weighted by molar-refractivity contribution is 0.137. The molecule has 0 bridgehead atoms. The fraction of sp³-hybridized carbons (Fsp3) is 0.238. The van der Waals surface area contributed by atoms with Gasteiger partial charge in [0.25, 0.3) is 0 Å². The number of hydrogen-bond donors (Lipinski definition) is 0. The highest BCUT2D eigenvalue weighted by molar-refractivity contribution is 5.34. The summed E-state index contributed by atoms with van der Waals surface area (Å²) in [5, 5.41) is 13.6. The zero-order valence-electron chi connectivity index (χ0n) is 14.0. The molecule has 4 nitrogen and oxygen atoms in total. The fourth-order valence-corrected chi connectivity index (χ4v) is 3.32. The Morgan fingerprint density at radius 3 is 2.44 bits per heavy atom. The molecule has 1 fully saturated rings. The second-order valence-corrected chi connectivity index (χ2v) is 6.62. The predicted octanol–water partition coefficient (Wildman–Crippen LogP) is 3.40. The molecule has 2 aromatic carbocycles. The summed E-state index contributed by atoms with van der Waals surface area (Å²) >= 11 is 0. The van der Waals surface area contributed by atoms with E-state index in [1.54, 1.807) is 0 Å². The van der Waals surface area contributed by atoms with E-state index < -0.39 is 0 Å². The normalized spacial score (nSPS) is 14.8. The first-order valence-electron chi connectivity index (χ1n) is 8.59. The van der Waals surface area contributed by atoms with Gasteiger partial charge in [0.05, 0.1) is 23.9 Å². The molecule has 124 valence electrons. The third-order valence-electron chi connectivity index (χ3n) is 4.74. The molecule has 1 aliphatic rings. The number of likely N-dealkylation sites (tertiary alicyclic amines) is 1. The first kappa shape index (κ1) is 15.6. The number of rotatable bonds is 5. The summed E-state index contributed by atoms with van der Waals surface area (Å²) in [6.45, 7) is 3.82. The van der Waals surface area contributed by atoms with Gasteiger partial charge in [-0.3, -0.25) is 9.58 Å². The smallest absolute Gasteiger partial charge is 0.0991 e. The largest absolute Gasteiger partial charge is 0.296 e. The van der Waals surface area contributed by atoms with Crippen LogP contribution in [0.1, 0.15) is 28.3 Å². The molecule has 0 saturated carbocycles. The van der Waals surface area contributed by atoms with Gasteiger partial charge in [-0.25, -0.2) is 0 Å². The molecule has 0 atom stereocenters. The lowest BCUT2D eigenvalue weighted by Gasteiger charge is -2.39. The van der Waals surface area contributed by atoms with Crippen molar-refractivity contribution in [2.24, 2.45) is 0 Å². The van der Waals surface area contributed by atoms with E-state index in [0.717, 1.165) is 37.4 Å². The van der Waals surface area contributed by atoms with E-state index >= 15 is 0 Å². The average Bonchev–Trinajstić information content (AvgIpc) is 3.06. The molecule has 1 saturated heterocycles. The molecule has 0 amide bonds. The summed E-state index contributed by atoms with van der Waals surface area (Å²) in [5.74, 6) is 0.569. The number of nitriles is 1. The van der Waals surface area contributed by atoms with Gasteiger partial charge in [-0.1, -0.05) is 42.5 Å². The van der Waals surface area contributed by atoms with E-state index in [2.05, 4.69) is 64.7 Å². The van der Waals surface area contributed by atoms with Crippen LogP contribution in [-0.2, 0) is 13.1 Å². The van der Waals surface area contributed by atoms with Crippen LogP contribution in [0, 0.1) is 11.3 Å². The van der Waals surface area contributed by atoms with E-state index in [-0.39, 0.29) is 0 Å². The van der Waals surface area contributed by atoms with E-state index in [1.165, 1.54) is 11.1 Å². The number of aromatic nitrogens is 2. The van der Waals surface area contributed by atoms with Crippen molar-refractivity contribution < 1.29 is 0 Å². The molecule has 2 heterocycles. The maximum Gasteiger partial charge on any atom is 0.0991 e. The lowest BCUT2D eigenvalue weighted by Crippen LogP contribution is -2.44. The Morgan fingerprint density at radius 2 is 1.72 bits per heavy atom. The van der Waals surface area contributed by atoms with Crippen LogP contribution in [0.25, 0.3) is 0 Å². The third-order valence-corrected chi connectivity index (χ3v) is 4.74. The van der Waals surface area contributed by atoms with Crippen LogP contribution in [0.15, 0.2) is 66.9 Å². The second-order valence-electron chi connectivity index (χ2n) is 6.62. The molecular weight excluding hydrogens is 308 g/mol. The van der Waals surface area contributed by atoms with E-state index in [9.17, 15) is 0 Å². The lowest BCUT2D eigenvalue weighted by atomic mass is 9.91. The van der Waals surface area contributed by atoms with Gasteiger partial charge in [-0.05, 0) is 29.3 Å². The van der Waals surface area contributed by atoms with Crippen LogP contribution in [0.2, 0.25) is 0 Å². The molecular formula is C21H20N4. The van der Waals surface area contributed by atoms with Gasteiger partial charge in [0.1, 0.15) is 0 Å². The van der Waals surface area contributed by atoms with E-state index in [1.807, 2.05) is 22.9 Å². The zero-order chi connectivity index (χ0) is 17.1. The van der Waals surface area contributed by atoms with Crippen molar-refractivity contribution in [1.29, 1.82) is 5.26 Å². The van der Waals surface area contributed by atoms with Crippen molar-refractivity contribution in [2.45, 2.75) is 19.0 Å². The van der Waals surface area contributed by atoms with Crippen molar-refractivity contribution in [2.75, 3.05) is 13.1 Å². The molecule has 4 rings (SSSR count). The summed E-state index contributed by atoms with van der Waals surface area (Å²) < 4.78 is 2.00. The minimum absolute atomic E-state index is 0.569. The molecule has 4 heteroatoms. The first-order chi connectivity index (χ1) is 12.3. The summed E-state index contributed by atoms with van der Waals surface area (Å²) in [6, 6.07) is 22.6. The highest BCUT2D eigenvalue weighted by Crippen LogP contribution is 2.28. The standard InChI is InChI=1S/C21H20N4/c22-12-17-6-8-19(9-7-17)20-14-24(15-20)16-21-10-11-25(23-21)13-18-4-2-1-3-5-18/h1-11,20H,13-16H2. The van der Waals surface area contributed by atoms with Crippen molar-refractivity contribution in [3.63, 3.8) is 0 Å². The summed E-state index contributed by atoms with van der Waals surface area (Å²) in [5.41, 5.74) is 4.44. The molecule has 1 aromatic heterocycles. The maximum atomic E-state index is 8.87. The van der Waals surface area contributed by atoms with Crippen LogP contribution >= 0.6 is 0 Å². The van der Waals surface area contributed by atoms with Gasteiger partial charge in [0.15, 0.2) is 0 Å². The molecule has 0 N–H and O–H groups in total. The van der Waals surface area contributed by atoms with Crippen molar-refractivity contribution in [3.8, 4) is 6.07 Å². The number of benzene rings is 2. The van der Waals surface area contributed by atoms with Gasteiger partial charge in [-0.2, -0.15) is 10.4 Å². The number of hydrogen-bond acceptors (Lipinski definition) is 3. The number of nitrogens with zero attached hydrogens (tertiary/aromatic N) is 4. The molecule has 3 aromatic rings. The minimum atomic E-state index is 0.569. The van der Waals surface area contributed by atoms with Crippen LogP contribution in [0.4, 0.5) is 0 Å². The second kappa shape index (κ2) is 6.92. The van der Waals surface area contributed by atoms with Gasteiger partial charge < -0.3 is 0 Å². The van der Waals surface area contributed by atoms with Crippen molar-refractivity contribution in [3.05, 3.63) is 89.2 Å². The topological polar surface area (TPSA) is 44.9 Å². The first-order valence-corrected chi connectivity index (χ1v) is 8.59. The molecule has 25 heavy (non-hydrogen) atoms. The van der Waals surface area contributed by atoms with Crippen LogP contribution < -0.4 is 0 Å². The van der Waals surface area contributed by atoms with Crippen LogP contribution in [0.5, 0.6) is 0 Å². The van der Waals surface area contributed by atoms with Gasteiger partial charge >= 0.3 is 0 Å². The molecule has 0 aliphatic carbocycles. The van der Waals surface area contributed by atoms with E-state index in [4.69, 9.17) is 5.26 Å². The Bertz CT molecular complexity index is 868. The SMILES string of the molecule is N#Cc1ccc(C2CN(Cc3ccn(Cc4ccccc4)n3)C2)cc1. The summed E-state index contributed by atoms with van der Waals surface area (Å²) in [4.78, 5) is 2.41. The van der Waals surface area contributed by atoms with Crippen molar-refractivity contribution in [1.82, 2.24) is 14.7 Å². The Labute approximate surface area is 147 Å². The minimum Gasteiger partial charge on any atom is -0.296 e. The Morgan fingerprint density at radius 1 is 0.960 bits per heavy atom. The predicted molar refractivity (Wildman–Crippen MR) is 96.9 cm³/mol. The molecule has 0 radical (unpaired) electrons. The Balaban J connectivity index is 1.30. The van der Waals surface area contributed by atoms with Crippen LogP contribution in [0.3, 0.4) is 0 Å². The third kappa shape index (κ3) is 3.62. The van der Waals surface area contributed by atoms with Crippen LogP contribution in [-0.4, -0.2) is 27.8 Å². The maximum absolute atomic E-state index is 8.87. The monoisotopic (exact) mass is 328 g/mol. The van der Waals surface area contributed by atoms with E-state index in [0.29, 0.717) is 5.92 Å². The highest BCUT2D eigenvalue weighted by atomic mass is 15.3. The Kier molecular flexibility index (Phi) is 4.32. The summed E-state index contributed by atoms with van der Waals surface area (Å²) in [6.07, 6.45) is 2.06. The van der Waals surface area contributed by atoms with Crippen molar-refractivity contribution >= 4 is 0 Å².